The molecule has 168 valence electrons. The number of piperidine rings is 1. The average Bonchev–Trinajstić information content (AvgIpc) is 2.85. The van der Waals surface area contributed by atoms with Crippen LogP contribution < -0.4 is 10.5 Å². The quantitative estimate of drug-likeness (QED) is 0.432. The molecule has 0 saturated carbocycles. The lowest BCUT2D eigenvalue weighted by molar-refractivity contribution is -0.119. The third-order valence-corrected chi connectivity index (χ3v) is 5.99. The molecular weight excluding hydrogens is 457 g/mol. The molecule has 0 radical (unpaired) electrons. The van der Waals surface area contributed by atoms with E-state index < -0.39 is 11.4 Å². The van der Waals surface area contributed by atoms with Crippen molar-refractivity contribution in [3.8, 4) is 23.3 Å². The number of carbonyl (C=O) groups excluding carboxylic acids is 1. The molecule has 4 aromatic rings. The molecule has 1 saturated heterocycles. The molecule has 3 heterocycles. The number of aromatic nitrogens is 3. The normalized spacial score (nSPS) is 13.8. The van der Waals surface area contributed by atoms with Crippen molar-refractivity contribution >= 4 is 34.1 Å². The van der Waals surface area contributed by atoms with Crippen molar-refractivity contribution < 1.29 is 9.18 Å². The van der Waals surface area contributed by atoms with Crippen molar-refractivity contribution in [3.05, 3.63) is 81.5 Å². The number of nitriles is 1. The molecule has 0 N–H and O–H groups in total. The molecule has 2 aromatic heterocycles. The molecule has 5 rings (SSSR count). The minimum Gasteiger partial charge on any atom is -0.312 e. The van der Waals surface area contributed by atoms with Crippen LogP contribution in [0.15, 0.2) is 59.5 Å². The Kier molecular flexibility index (Phi) is 5.56. The van der Waals surface area contributed by atoms with Gasteiger partial charge in [0, 0.05) is 24.8 Å². The molecule has 1 aliphatic heterocycles. The molecule has 0 bridgehead atoms. The van der Waals surface area contributed by atoms with E-state index in [0.717, 1.165) is 12.8 Å². The summed E-state index contributed by atoms with van der Waals surface area (Å²) in [5.74, 6) is -0.418. The Balaban J connectivity index is 1.73. The maximum Gasteiger partial charge on any atom is 0.267 e. The van der Waals surface area contributed by atoms with Crippen LogP contribution in [-0.4, -0.2) is 27.0 Å². The topological polar surface area (TPSA) is 91.9 Å². The monoisotopic (exact) mass is 473 g/mol. The van der Waals surface area contributed by atoms with E-state index in [2.05, 4.69) is 9.97 Å². The van der Waals surface area contributed by atoms with Gasteiger partial charge in [0.25, 0.3) is 5.56 Å². The zero-order valence-electron chi connectivity index (χ0n) is 17.8. The summed E-state index contributed by atoms with van der Waals surface area (Å²) in [6.07, 6.45) is 3.49. The molecule has 1 amide bonds. The summed E-state index contributed by atoms with van der Waals surface area (Å²) < 4.78 is 16.6. The summed E-state index contributed by atoms with van der Waals surface area (Å²) in [6.45, 7) is 0.534. The Labute approximate surface area is 198 Å². The van der Waals surface area contributed by atoms with Crippen LogP contribution in [-0.2, 0) is 4.79 Å². The number of nitrogens with zero attached hydrogens (tertiary/aromatic N) is 5. The van der Waals surface area contributed by atoms with Gasteiger partial charge in [0.1, 0.15) is 11.6 Å². The zero-order valence-corrected chi connectivity index (χ0v) is 18.6. The number of rotatable bonds is 3. The smallest absolute Gasteiger partial charge is 0.267 e. The standard InChI is InChI=1S/C25H17ClFN5O2/c26-16-5-9-22(29-14-16)32-24(30-21-8-4-15(13-28)11-19(21)25(32)34)18-7-6-17(12-20(18)27)31-10-2-1-3-23(31)33/h4-9,11-12,14H,1-3,10H2. The molecule has 34 heavy (non-hydrogen) atoms. The molecular formula is C25H17ClFN5O2. The van der Waals surface area contributed by atoms with Crippen molar-refractivity contribution in [2.24, 2.45) is 0 Å². The molecule has 7 nitrogen and oxygen atoms in total. The maximum atomic E-state index is 15.5. The molecule has 0 aliphatic carbocycles. The van der Waals surface area contributed by atoms with E-state index in [1.54, 1.807) is 29.2 Å². The minimum atomic E-state index is -0.626. The summed E-state index contributed by atoms with van der Waals surface area (Å²) in [7, 11) is 0. The highest BCUT2D eigenvalue weighted by atomic mass is 35.5. The molecule has 1 aliphatic rings. The number of hydrogen-bond donors (Lipinski definition) is 0. The SMILES string of the molecule is N#Cc1ccc2nc(-c3ccc(N4CCCCC4=O)cc3F)n(-c3ccc(Cl)cn3)c(=O)c2c1. The van der Waals surface area contributed by atoms with Crippen molar-refractivity contribution in [1.82, 2.24) is 14.5 Å². The molecule has 0 unspecified atom stereocenters. The Morgan fingerprint density at radius 1 is 1.06 bits per heavy atom. The Hall–Kier alpha value is -4.09. The van der Waals surface area contributed by atoms with Gasteiger partial charge in [-0.15, -0.1) is 0 Å². The predicted octanol–water partition coefficient (Wildman–Crippen LogP) is 4.63. The second-order valence-corrected chi connectivity index (χ2v) is 8.36. The highest BCUT2D eigenvalue weighted by Gasteiger charge is 2.23. The van der Waals surface area contributed by atoms with E-state index >= 15 is 4.39 Å². The number of halogens is 2. The van der Waals surface area contributed by atoms with Gasteiger partial charge in [-0.05, 0) is 61.4 Å². The van der Waals surface area contributed by atoms with Gasteiger partial charge in [-0.3, -0.25) is 9.59 Å². The first-order valence-corrected chi connectivity index (χ1v) is 11.0. The van der Waals surface area contributed by atoms with Gasteiger partial charge in [0.05, 0.1) is 33.1 Å². The van der Waals surface area contributed by atoms with Crippen LogP contribution in [0.5, 0.6) is 0 Å². The fourth-order valence-electron chi connectivity index (χ4n) is 4.08. The van der Waals surface area contributed by atoms with Gasteiger partial charge in [-0.2, -0.15) is 5.26 Å². The Morgan fingerprint density at radius 2 is 1.91 bits per heavy atom. The van der Waals surface area contributed by atoms with Crippen molar-refractivity contribution in [3.63, 3.8) is 0 Å². The van der Waals surface area contributed by atoms with Gasteiger partial charge in [0.15, 0.2) is 5.82 Å². The Morgan fingerprint density at radius 3 is 2.62 bits per heavy atom. The number of fused-ring (bicyclic) bond motifs is 1. The van der Waals surface area contributed by atoms with E-state index in [9.17, 15) is 14.9 Å². The fourth-order valence-corrected chi connectivity index (χ4v) is 4.19. The van der Waals surface area contributed by atoms with E-state index in [1.165, 1.54) is 35.0 Å². The number of benzene rings is 2. The second kappa shape index (κ2) is 8.69. The zero-order chi connectivity index (χ0) is 23.8. The van der Waals surface area contributed by atoms with Crippen molar-refractivity contribution in [2.45, 2.75) is 19.3 Å². The first-order valence-electron chi connectivity index (χ1n) is 10.7. The lowest BCUT2D eigenvalue weighted by atomic mass is 10.1. The number of anilines is 1. The summed E-state index contributed by atoms with van der Waals surface area (Å²) in [4.78, 5) is 36.1. The van der Waals surface area contributed by atoms with Gasteiger partial charge >= 0.3 is 0 Å². The van der Waals surface area contributed by atoms with Crippen LogP contribution in [0.4, 0.5) is 10.1 Å². The van der Waals surface area contributed by atoms with Crippen LogP contribution in [0.1, 0.15) is 24.8 Å². The lowest BCUT2D eigenvalue weighted by Gasteiger charge is -2.27. The number of pyridine rings is 1. The number of hydrogen-bond acceptors (Lipinski definition) is 5. The van der Waals surface area contributed by atoms with E-state index in [0.29, 0.717) is 34.8 Å². The minimum absolute atomic E-state index is 0.0437. The van der Waals surface area contributed by atoms with E-state index in [1.807, 2.05) is 6.07 Å². The maximum absolute atomic E-state index is 15.5. The highest BCUT2D eigenvalue weighted by molar-refractivity contribution is 6.30. The molecule has 0 atom stereocenters. The van der Waals surface area contributed by atoms with Crippen LogP contribution in [0.2, 0.25) is 5.02 Å². The third-order valence-electron chi connectivity index (χ3n) is 5.77. The Bertz CT molecular complexity index is 1540. The molecule has 1 fully saturated rings. The molecule has 0 spiro atoms. The van der Waals surface area contributed by atoms with Crippen molar-refractivity contribution in [1.29, 1.82) is 5.26 Å². The number of amides is 1. The van der Waals surface area contributed by atoms with E-state index in [4.69, 9.17) is 11.6 Å². The van der Waals surface area contributed by atoms with Gasteiger partial charge in [-0.25, -0.2) is 18.9 Å². The predicted molar refractivity (Wildman–Crippen MR) is 126 cm³/mol. The van der Waals surface area contributed by atoms with E-state index in [-0.39, 0.29) is 28.5 Å². The summed E-state index contributed by atoms with van der Waals surface area (Å²) in [6, 6.07) is 14.1. The fraction of sp³-hybridized carbons (Fsp3) is 0.160. The first kappa shape index (κ1) is 21.7. The second-order valence-electron chi connectivity index (χ2n) is 7.92. The summed E-state index contributed by atoms with van der Waals surface area (Å²) in [5, 5.41) is 9.82. The largest absolute Gasteiger partial charge is 0.312 e. The van der Waals surface area contributed by atoms with Gasteiger partial charge in [0.2, 0.25) is 5.91 Å². The first-order chi connectivity index (χ1) is 16.5. The lowest BCUT2D eigenvalue weighted by Crippen LogP contribution is -2.35. The molecule has 9 heteroatoms. The average molecular weight is 474 g/mol. The highest BCUT2D eigenvalue weighted by Crippen LogP contribution is 2.29. The third kappa shape index (κ3) is 3.80. The number of carbonyl (C=O) groups is 1. The summed E-state index contributed by atoms with van der Waals surface area (Å²) >= 11 is 5.96. The van der Waals surface area contributed by atoms with Gasteiger partial charge < -0.3 is 4.90 Å². The van der Waals surface area contributed by atoms with Crippen LogP contribution >= 0.6 is 11.6 Å². The van der Waals surface area contributed by atoms with Crippen molar-refractivity contribution in [2.75, 3.05) is 11.4 Å². The molecule has 2 aromatic carbocycles. The van der Waals surface area contributed by atoms with Crippen LogP contribution in [0.3, 0.4) is 0 Å². The van der Waals surface area contributed by atoms with Gasteiger partial charge in [-0.1, -0.05) is 11.6 Å². The van der Waals surface area contributed by atoms with Crippen LogP contribution in [0.25, 0.3) is 28.1 Å². The summed E-state index contributed by atoms with van der Waals surface area (Å²) in [5.41, 5.74) is 0.661. The van der Waals surface area contributed by atoms with Crippen LogP contribution in [0, 0.1) is 17.1 Å².